The number of hydrogen-bond donors (Lipinski definition) is 2. The van der Waals surface area contributed by atoms with Crippen molar-refractivity contribution in [1.82, 2.24) is 5.32 Å². The Bertz CT molecular complexity index is 588. The molecule has 9 heteroatoms. The molecule has 0 heterocycles. The maximum atomic E-state index is 12.3. The van der Waals surface area contributed by atoms with Gasteiger partial charge in [0.15, 0.2) is 0 Å². The highest BCUT2D eigenvalue weighted by atomic mass is 19.3. The maximum absolute atomic E-state index is 12.3. The molecule has 0 aliphatic rings. The molecule has 1 rings (SSSR count). The van der Waals surface area contributed by atoms with Crippen molar-refractivity contribution >= 4 is 17.3 Å². The molecule has 0 radical (unpaired) electrons. The van der Waals surface area contributed by atoms with E-state index < -0.39 is 34.6 Å². The largest absolute Gasteiger partial charge is 0.427 e. The molecule has 1 aromatic rings. The second kappa shape index (κ2) is 7.21. The van der Waals surface area contributed by atoms with E-state index in [1.165, 1.54) is 6.07 Å². The van der Waals surface area contributed by atoms with Gasteiger partial charge in [0.25, 0.3) is 0 Å². The van der Waals surface area contributed by atoms with Gasteiger partial charge in [-0.3, -0.25) is 14.9 Å². The van der Waals surface area contributed by atoms with E-state index in [1.807, 2.05) is 20.8 Å². The normalized spacial score (nSPS) is 12.7. The number of benzene rings is 1. The Morgan fingerprint density at radius 1 is 1.35 bits per heavy atom. The van der Waals surface area contributed by atoms with Crippen LogP contribution in [0.1, 0.15) is 27.7 Å². The van der Waals surface area contributed by atoms with Gasteiger partial charge in [0.2, 0.25) is 11.7 Å². The minimum absolute atomic E-state index is 0.253. The van der Waals surface area contributed by atoms with Crippen LogP contribution >= 0.6 is 0 Å². The molecule has 0 aliphatic heterocycles. The Kier molecular flexibility index (Phi) is 5.83. The van der Waals surface area contributed by atoms with Crippen molar-refractivity contribution < 1.29 is 23.2 Å². The highest BCUT2D eigenvalue weighted by molar-refractivity contribution is 5.84. The van der Waals surface area contributed by atoms with E-state index in [9.17, 15) is 23.7 Å². The molecule has 0 unspecified atom stereocenters. The van der Waals surface area contributed by atoms with Crippen LogP contribution in [0.5, 0.6) is 5.75 Å². The average Bonchev–Trinajstić information content (AvgIpc) is 2.35. The number of anilines is 1. The first-order valence-corrected chi connectivity index (χ1v) is 6.81. The van der Waals surface area contributed by atoms with Crippen molar-refractivity contribution in [2.24, 2.45) is 0 Å². The highest BCUT2D eigenvalue weighted by Crippen LogP contribution is 2.31. The Balaban J connectivity index is 2.92. The summed E-state index contributed by atoms with van der Waals surface area (Å²) < 4.78 is 28.8. The van der Waals surface area contributed by atoms with Crippen LogP contribution in [0.2, 0.25) is 0 Å². The highest BCUT2D eigenvalue weighted by Gasteiger charge is 2.22. The number of carbonyl (C=O) groups excluding carboxylic acids is 1. The Morgan fingerprint density at radius 2 is 1.96 bits per heavy atom. The summed E-state index contributed by atoms with van der Waals surface area (Å²) in [6, 6.07) is 2.74. The van der Waals surface area contributed by atoms with E-state index in [0.717, 1.165) is 12.1 Å². The summed E-state index contributed by atoms with van der Waals surface area (Å²) in [6.07, 6.45) is 0. The van der Waals surface area contributed by atoms with Crippen LogP contribution in [-0.4, -0.2) is 29.0 Å². The average molecular weight is 331 g/mol. The number of rotatable bonds is 6. The third-order valence-corrected chi connectivity index (χ3v) is 2.65. The van der Waals surface area contributed by atoms with Gasteiger partial charge >= 0.3 is 12.3 Å². The summed E-state index contributed by atoms with van der Waals surface area (Å²) in [5, 5.41) is 16.3. The van der Waals surface area contributed by atoms with Crippen LogP contribution in [-0.2, 0) is 4.79 Å². The predicted molar refractivity (Wildman–Crippen MR) is 80.7 cm³/mol. The fraction of sp³-hybridized carbons (Fsp3) is 0.500. The Hall–Kier alpha value is -2.45. The summed E-state index contributed by atoms with van der Waals surface area (Å²) in [5.41, 5.74) is -0.752. The molecule has 0 bridgehead atoms. The van der Waals surface area contributed by atoms with Gasteiger partial charge in [-0.15, -0.1) is 0 Å². The zero-order valence-corrected chi connectivity index (χ0v) is 13.2. The van der Waals surface area contributed by atoms with Gasteiger partial charge in [-0.25, -0.2) is 0 Å². The summed E-state index contributed by atoms with van der Waals surface area (Å²) in [5.74, 6) is -0.870. The molecule has 2 N–H and O–H groups in total. The number of alkyl halides is 2. The van der Waals surface area contributed by atoms with Crippen molar-refractivity contribution in [3.8, 4) is 5.75 Å². The van der Waals surface area contributed by atoms with Gasteiger partial charge < -0.3 is 15.4 Å². The number of nitro groups is 1. The van der Waals surface area contributed by atoms with E-state index in [0.29, 0.717) is 0 Å². The molecular formula is C14H19F2N3O4. The zero-order chi connectivity index (χ0) is 17.8. The second-order valence-electron chi connectivity index (χ2n) is 5.92. The minimum atomic E-state index is -3.19. The number of carbonyl (C=O) groups is 1. The minimum Gasteiger partial charge on any atom is -0.427 e. The van der Waals surface area contributed by atoms with E-state index in [1.54, 1.807) is 6.92 Å². The molecule has 0 fully saturated rings. The number of nitrogens with zero attached hydrogens (tertiary/aromatic N) is 1. The molecular weight excluding hydrogens is 312 g/mol. The summed E-state index contributed by atoms with van der Waals surface area (Å²) >= 11 is 0. The third kappa shape index (κ3) is 6.05. The molecule has 1 aromatic carbocycles. The number of hydrogen-bond acceptors (Lipinski definition) is 5. The summed E-state index contributed by atoms with van der Waals surface area (Å²) in [6.45, 7) is 3.84. The van der Waals surface area contributed by atoms with E-state index in [4.69, 9.17) is 0 Å². The van der Waals surface area contributed by atoms with E-state index in [2.05, 4.69) is 15.4 Å². The Morgan fingerprint density at radius 3 is 2.43 bits per heavy atom. The molecule has 7 nitrogen and oxygen atoms in total. The second-order valence-corrected chi connectivity index (χ2v) is 5.92. The third-order valence-electron chi connectivity index (χ3n) is 2.65. The first kappa shape index (κ1) is 18.6. The van der Waals surface area contributed by atoms with Gasteiger partial charge in [-0.05, 0) is 33.8 Å². The zero-order valence-electron chi connectivity index (χ0n) is 13.2. The standard InChI is InChI=1S/C14H19F2N3O4/c1-8(12(20)18-14(2,3)4)17-9-5-6-10(19(21)22)11(7-9)23-13(15)16/h5-8,13,17H,1-4H3,(H,18,20)/t8-/m0/s1. The van der Waals surface area contributed by atoms with E-state index in [-0.39, 0.29) is 11.6 Å². The SMILES string of the molecule is C[C@H](Nc1ccc([N+](=O)[O-])c(OC(F)F)c1)C(=O)NC(C)(C)C. The lowest BCUT2D eigenvalue weighted by atomic mass is 10.1. The summed E-state index contributed by atoms with van der Waals surface area (Å²) in [7, 11) is 0. The van der Waals surface area contributed by atoms with Gasteiger partial charge in [0.1, 0.15) is 6.04 Å². The molecule has 0 aromatic heterocycles. The van der Waals surface area contributed by atoms with Crippen molar-refractivity contribution in [1.29, 1.82) is 0 Å². The van der Waals surface area contributed by atoms with Gasteiger partial charge in [-0.2, -0.15) is 8.78 Å². The molecule has 0 aliphatic carbocycles. The molecule has 23 heavy (non-hydrogen) atoms. The van der Waals surface area contributed by atoms with Crippen molar-refractivity contribution in [2.45, 2.75) is 45.9 Å². The topological polar surface area (TPSA) is 93.5 Å². The van der Waals surface area contributed by atoms with Crippen LogP contribution < -0.4 is 15.4 Å². The Labute approximate surface area is 132 Å². The van der Waals surface area contributed by atoms with Crippen molar-refractivity contribution in [3.05, 3.63) is 28.3 Å². The molecule has 0 saturated heterocycles. The van der Waals surface area contributed by atoms with Gasteiger partial charge in [0.05, 0.1) is 4.92 Å². The quantitative estimate of drug-likeness (QED) is 0.617. The van der Waals surface area contributed by atoms with E-state index >= 15 is 0 Å². The first-order valence-electron chi connectivity index (χ1n) is 6.81. The number of halogens is 2. The molecule has 0 spiro atoms. The van der Waals surface area contributed by atoms with Crippen LogP contribution in [0.3, 0.4) is 0 Å². The van der Waals surface area contributed by atoms with Gasteiger partial charge in [0, 0.05) is 23.4 Å². The number of amides is 1. The fourth-order valence-electron chi connectivity index (χ4n) is 1.74. The van der Waals surface area contributed by atoms with Gasteiger partial charge in [-0.1, -0.05) is 0 Å². The fourth-order valence-corrected chi connectivity index (χ4v) is 1.74. The first-order chi connectivity index (χ1) is 10.5. The smallest absolute Gasteiger partial charge is 0.387 e. The van der Waals surface area contributed by atoms with Crippen LogP contribution in [0.25, 0.3) is 0 Å². The number of nitrogens with one attached hydrogen (secondary N) is 2. The summed E-state index contributed by atoms with van der Waals surface area (Å²) in [4.78, 5) is 21.9. The maximum Gasteiger partial charge on any atom is 0.387 e. The van der Waals surface area contributed by atoms with Crippen molar-refractivity contribution in [2.75, 3.05) is 5.32 Å². The van der Waals surface area contributed by atoms with Crippen molar-refractivity contribution in [3.63, 3.8) is 0 Å². The number of ether oxygens (including phenoxy) is 1. The van der Waals surface area contributed by atoms with Crippen LogP contribution in [0, 0.1) is 10.1 Å². The molecule has 0 saturated carbocycles. The lowest BCUT2D eigenvalue weighted by Crippen LogP contribution is -2.47. The molecule has 128 valence electrons. The van der Waals surface area contributed by atoms with Crippen LogP contribution in [0.15, 0.2) is 18.2 Å². The predicted octanol–water partition coefficient (Wildman–Crippen LogP) is 2.91. The molecule has 1 atom stereocenters. The van der Waals surface area contributed by atoms with Crippen LogP contribution in [0.4, 0.5) is 20.2 Å². The monoisotopic (exact) mass is 331 g/mol. The lowest BCUT2D eigenvalue weighted by molar-refractivity contribution is -0.386. The number of nitro benzene ring substituents is 1. The lowest BCUT2D eigenvalue weighted by Gasteiger charge is -2.24. The molecule has 1 amide bonds.